The maximum Gasteiger partial charge on any atom is 0.308 e. The summed E-state index contributed by atoms with van der Waals surface area (Å²) in [5.41, 5.74) is 0. The normalized spacial score (nSPS) is 31.6. The summed E-state index contributed by atoms with van der Waals surface area (Å²) in [5, 5.41) is 35.7. The zero-order valence-electron chi connectivity index (χ0n) is 9.15. The second-order valence-electron chi connectivity index (χ2n) is 4.19. The fraction of sp³-hybridized carbons (Fsp3) is 0.600. The van der Waals surface area contributed by atoms with Gasteiger partial charge in [0.1, 0.15) is 0 Å². The first-order valence-electron chi connectivity index (χ1n) is 5.18. The van der Waals surface area contributed by atoms with Crippen LogP contribution in [0.3, 0.4) is 0 Å². The molecule has 4 N–H and O–H groups in total. The molecule has 0 amide bonds. The van der Waals surface area contributed by atoms with Gasteiger partial charge in [-0.2, -0.15) is 0 Å². The summed E-state index contributed by atoms with van der Waals surface area (Å²) in [6, 6.07) is 0. The standard InChI is InChI=1S/C10H12O8/c11-7(12)3-1-2-4(8(13)14)6(10(17)18)5(3)9(15)16/h3-6H,1-2H2,(H,11,12)(H,13,14)(H,15,16)(H,17,18). The van der Waals surface area contributed by atoms with Crippen molar-refractivity contribution in [3.63, 3.8) is 0 Å². The van der Waals surface area contributed by atoms with Gasteiger partial charge in [0.05, 0.1) is 23.7 Å². The van der Waals surface area contributed by atoms with E-state index in [0.717, 1.165) is 0 Å². The number of hydrogen-bond donors (Lipinski definition) is 4. The van der Waals surface area contributed by atoms with Crippen molar-refractivity contribution < 1.29 is 39.6 Å². The van der Waals surface area contributed by atoms with E-state index in [1.54, 1.807) is 0 Å². The first-order chi connectivity index (χ1) is 8.27. The quantitative estimate of drug-likeness (QED) is 0.532. The Bertz CT molecular complexity index is 363. The van der Waals surface area contributed by atoms with Crippen molar-refractivity contribution in [2.45, 2.75) is 12.8 Å². The van der Waals surface area contributed by atoms with Gasteiger partial charge in [-0.15, -0.1) is 0 Å². The molecule has 4 atom stereocenters. The number of carboxylic acid groups (broad SMARTS) is 4. The molecule has 4 unspecified atom stereocenters. The second-order valence-corrected chi connectivity index (χ2v) is 4.19. The van der Waals surface area contributed by atoms with E-state index in [9.17, 15) is 19.2 Å². The van der Waals surface area contributed by atoms with Crippen molar-refractivity contribution in [2.24, 2.45) is 23.7 Å². The molecule has 0 saturated heterocycles. The van der Waals surface area contributed by atoms with Gasteiger partial charge in [-0.3, -0.25) is 19.2 Å². The summed E-state index contributed by atoms with van der Waals surface area (Å²) in [7, 11) is 0. The highest BCUT2D eigenvalue weighted by Crippen LogP contribution is 2.39. The molecule has 8 nitrogen and oxygen atoms in total. The molecule has 1 rings (SSSR count). The number of rotatable bonds is 4. The Morgan fingerprint density at radius 3 is 1.06 bits per heavy atom. The molecular formula is C10H12O8. The van der Waals surface area contributed by atoms with E-state index in [-0.39, 0.29) is 12.8 Å². The van der Waals surface area contributed by atoms with Crippen LogP contribution in [-0.2, 0) is 19.2 Å². The minimum atomic E-state index is -1.73. The smallest absolute Gasteiger partial charge is 0.308 e. The van der Waals surface area contributed by atoms with Gasteiger partial charge in [-0.05, 0) is 12.8 Å². The third kappa shape index (κ3) is 2.41. The Hall–Kier alpha value is -2.12. The van der Waals surface area contributed by atoms with Gasteiger partial charge in [0.15, 0.2) is 0 Å². The van der Waals surface area contributed by atoms with Crippen LogP contribution in [0.1, 0.15) is 12.8 Å². The van der Waals surface area contributed by atoms with Crippen LogP contribution in [0.2, 0.25) is 0 Å². The summed E-state index contributed by atoms with van der Waals surface area (Å²) in [6.07, 6.45) is -0.319. The number of aliphatic carboxylic acids is 4. The lowest BCUT2D eigenvalue weighted by atomic mass is 9.66. The zero-order valence-corrected chi connectivity index (χ0v) is 9.15. The molecule has 0 aliphatic heterocycles. The van der Waals surface area contributed by atoms with Crippen LogP contribution in [-0.4, -0.2) is 44.3 Å². The molecule has 100 valence electrons. The molecule has 8 heteroatoms. The van der Waals surface area contributed by atoms with E-state index >= 15 is 0 Å². The molecule has 18 heavy (non-hydrogen) atoms. The lowest BCUT2D eigenvalue weighted by Gasteiger charge is -2.34. The average molecular weight is 260 g/mol. The summed E-state index contributed by atoms with van der Waals surface area (Å²) >= 11 is 0. The fourth-order valence-electron chi connectivity index (χ4n) is 2.42. The molecule has 1 aliphatic rings. The van der Waals surface area contributed by atoms with Crippen molar-refractivity contribution in [2.75, 3.05) is 0 Å². The van der Waals surface area contributed by atoms with Crippen LogP contribution in [0.4, 0.5) is 0 Å². The van der Waals surface area contributed by atoms with E-state index in [2.05, 4.69) is 0 Å². The molecule has 0 heterocycles. The minimum absolute atomic E-state index is 0.160. The van der Waals surface area contributed by atoms with E-state index < -0.39 is 47.5 Å². The molecule has 0 spiro atoms. The topological polar surface area (TPSA) is 149 Å². The Kier molecular flexibility index (Phi) is 3.89. The van der Waals surface area contributed by atoms with Crippen LogP contribution in [0.5, 0.6) is 0 Å². The summed E-state index contributed by atoms with van der Waals surface area (Å²) in [5.74, 6) is -12.2. The lowest BCUT2D eigenvalue weighted by molar-refractivity contribution is -0.172. The maximum atomic E-state index is 11.0. The number of carbonyl (C=O) groups is 4. The molecule has 0 aromatic carbocycles. The monoisotopic (exact) mass is 260 g/mol. The van der Waals surface area contributed by atoms with Gasteiger partial charge in [-0.1, -0.05) is 0 Å². The Morgan fingerprint density at radius 1 is 0.611 bits per heavy atom. The molecule has 1 saturated carbocycles. The molecule has 0 aromatic rings. The molecule has 0 bridgehead atoms. The average Bonchev–Trinajstić information content (AvgIpc) is 2.26. The first kappa shape index (κ1) is 13.9. The van der Waals surface area contributed by atoms with Gasteiger partial charge in [-0.25, -0.2) is 0 Å². The van der Waals surface area contributed by atoms with Crippen LogP contribution >= 0.6 is 0 Å². The third-order valence-electron chi connectivity index (χ3n) is 3.25. The van der Waals surface area contributed by atoms with Crippen molar-refractivity contribution in [3.8, 4) is 0 Å². The summed E-state index contributed by atoms with van der Waals surface area (Å²) < 4.78 is 0. The molecule has 1 fully saturated rings. The Morgan fingerprint density at radius 2 is 0.889 bits per heavy atom. The Balaban J connectivity index is 3.18. The number of carboxylic acids is 4. The van der Waals surface area contributed by atoms with Crippen LogP contribution in [0.15, 0.2) is 0 Å². The number of hydrogen-bond acceptors (Lipinski definition) is 4. The van der Waals surface area contributed by atoms with E-state index in [1.165, 1.54) is 0 Å². The molecule has 0 radical (unpaired) electrons. The van der Waals surface area contributed by atoms with E-state index in [4.69, 9.17) is 20.4 Å². The molecule has 0 aromatic heterocycles. The predicted octanol–water partition coefficient (Wildman–Crippen LogP) is -0.417. The Labute approximate surface area is 101 Å². The largest absolute Gasteiger partial charge is 0.481 e. The van der Waals surface area contributed by atoms with Gasteiger partial charge in [0.2, 0.25) is 0 Å². The van der Waals surface area contributed by atoms with Gasteiger partial charge >= 0.3 is 23.9 Å². The van der Waals surface area contributed by atoms with Crippen molar-refractivity contribution >= 4 is 23.9 Å². The molecular weight excluding hydrogens is 248 g/mol. The third-order valence-corrected chi connectivity index (χ3v) is 3.25. The van der Waals surface area contributed by atoms with E-state index in [0.29, 0.717) is 0 Å². The second kappa shape index (κ2) is 5.03. The predicted molar refractivity (Wildman–Crippen MR) is 53.7 cm³/mol. The van der Waals surface area contributed by atoms with Gasteiger partial charge in [0.25, 0.3) is 0 Å². The summed E-state index contributed by atoms with van der Waals surface area (Å²) in [4.78, 5) is 43.9. The van der Waals surface area contributed by atoms with Crippen molar-refractivity contribution in [1.82, 2.24) is 0 Å². The molecule has 1 aliphatic carbocycles. The highest BCUT2D eigenvalue weighted by Gasteiger charge is 2.52. The highest BCUT2D eigenvalue weighted by atomic mass is 16.4. The van der Waals surface area contributed by atoms with E-state index in [1.807, 2.05) is 0 Å². The van der Waals surface area contributed by atoms with Gasteiger partial charge in [0, 0.05) is 0 Å². The lowest BCUT2D eigenvalue weighted by Crippen LogP contribution is -2.48. The zero-order chi connectivity index (χ0) is 14.0. The summed E-state index contributed by atoms with van der Waals surface area (Å²) in [6.45, 7) is 0. The van der Waals surface area contributed by atoms with Crippen molar-refractivity contribution in [3.05, 3.63) is 0 Å². The fourth-order valence-corrected chi connectivity index (χ4v) is 2.42. The van der Waals surface area contributed by atoms with Crippen LogP contribution in [0.25, 0.3) is 0 Å². The first-order valence-corrected chi connectivity index (χ1v) is 5.18. The SMILES string of the molecule is O=C(O)C1CCC(C(=O)O)C(C(=O)O)C1C(=O)O. The highest BCUT2D eigenvalue weighted by molar-refractivity contribution is 5.89. The van der Waals surface area contributed by atoms with Crippen LogP contribution < -0.4 is 0 Å². The van der Waals surface area contributed by atoms with Crippen molar-refractivity contribution in [1.29, 1.82) is 0 Å². The van der Waals surface area contributed by atoms with Gasteiger partial charge < -0.3 is 20.4 Å². The van der Waals surface area contributed by atoms with Crippen LogP contribution in [0, 0.1) is 23.7 Å². The maximum absolute atomic E-state index is 11.0. The minimum Gasteiger partial charge on any atom is -0.481 e.